The molecule has 3 atom stereocenters. The Balaban J connectivity index is 1.48. The molecule has 4 fully saturated rings. The Bertz CT molecular complexity index is 757. The maximum absolute atomic E-state index is 5.50. The van der Waals surface area contributed by atoms with Crippen molar-refractivity contribution in [3.63, 3.8) is 0 Å². The summed E-state index contributed by atoms with van der Waals surface area (Å²) in [5, 5.41) is 0. The third-order valence-electron chi connectivity index (χ3n) is 6.72. The average molecular weight is 349 g/mol. The Morgan fingerprint density at radius 3 is 2.77 bits per heavy atom. The first-order valence-corrected chi connectivity index (χ1v) is 9.84. The molecule has 4 nitrogen and oxygen atoms in total. The van der Waals surface area contributed by atoms with Gasteiger partial charge in [0.15, 0.2) is 0 Å². The van der Waals surface area contributed by atoms with Gasteiger partial charge >= 0.3 is 0 Å². The van der Waals surface area contributed by atoms with Gasteiger partial charge in [-0.2, -0.15) is 0 Å². The Labute approximate surface area is 155 Å². The van der Waals surface area contributed by atoms with Gasteiger partial charge in [0, 0.05) is 43.5 Å². The zero-order valence-corrected chi connectivity index (χ0v) is 15.4. The smallest absolute Gasteiger partial charge is 0.119 e. The molecule has 0 spiro atoms. The summed E-state index contributed by atoms with van der Waals surface area (Å²) in [5.41, 5.74) is 2.76. The highest BCUT2D eigenvalue weighted by Gasteiger charge is 2.53. The van der Waals surface area contributed by atoms with E-state index in [4.69, 9.17) is 4.74 Å². The zero-order valence-electron chi connectivity index (χ0n) is 15.4. The number of nitrogens with zero attached hydrogens (tertiary/aromatic N) is 3. The van der Waals surface area contributed by atoms with E-state index in [-0.39, 0.29) is 0 Å². The van der Waals surface area contributed by atoms with E-state index in [0.29, 0.717) is 18.0 Å². The number of rotatable bonds is 4. The minimum atomic E-state index is 0.565. The highest BCUT2D eigenvalue weighted by molar-refractivity contribution is 5.34. The van der Waals surface area contributed by atoms with E-state index < -0.39 is 0 Å². The lowest BCUT2D eigenvalue weighted by molar-refractivity contribution is -0.00872. The van der Waals surface area contributed by atoms with Crippen LogP contribution in [0.4, 0.5) is 0 Å². The van der Waals surface area contributed by atoms with Crippen molar-refractivity contribution in [3.8, 4) is 5.75 Å². The van der Waals surface area contributed by atoms with Gasteiger partial charge < -0.3 is 4.74 Å². The van der Waals surface area contributed by atoms with Crippen molar-refractivity contribution >= 4 is 0 Å². The van der Waals surface area contributed by atoms with Gasteiger partial charge in [-0.15, -0.1) is 0 Å². The Morgan fingerprint density at radius 1 is 1.12 bits per heavy atom. The van der Waals surface area contributed by atoms with E-state index in [1.165, 1.54) is 37.1 Å². The predicted molar refractivity (Wildman–Crippen MR) is 102 cm³/mol. The lowest BCUT2D eigenvalue weighted by atomic mass is 9.75. The minimum Gasteiger partial charge on any atom is -0.497 e. The van der Waals surface area contributed by atoms with Crippen LogP contribution in [0.5, 0.6) is 5.75 Å². The summed E-state index contributed by atoms with van der Waals surface area (Å²) in [4.78, 5) is 9.82. The van der Waals surface area contributed by atoms with Crippen molar-refractivity contribution in [3.05, 3.63) is 59.9 Å². The summed E-state index contributed by atoms with van der Waals surface area (Å²) in [5.74, 6) is 2.38. The molecule has 0 unspecified atom stereocenters. The number of hydrogen-bond acceptors (Lipinski definition) is 4. The second-order valence-corrected chi connectivity index (χ2v) is 8.03. The monoisotopic (exact) mass is 349 g/mol. The molecule has 4 aliphatic heterocycles. The van der Waals surface area contributed by atoms with Gasteiger partial charge in [0.2, 0.25) is 0 Å². The molecule has 4 saturated heterocycles. The third kappa shape index (κ3) is 2.72. The number of likely N-dealkylation sites (tertiary alicyclic amines) is 1. The van der Waals surface area contributed by atoms with Crippen LogP contribution in [0.3, 0.4) is 0 Å². The van der Waals surface area contributed by atoms with Crippen molar-refractivity contribution in [2.24, 2.45) is 5.92 Å². The van der Waals surface area contributed by atoms with E-state index in [0.717, 1.165) is 24.8 Å². The molecular formula is C22H27N3O. The fourth-order valence-electron chi connectivity index (χ4n) is 5.61. The molecule has 0 N–H and O–H groups in total. The van der Waals surface area contributed by atoms with E-state index in [2.05, 4.69) is 51.2 Å². The molecule has 2 bridgehead atoms. The SMILES string of the molecule is COc1cccc([C@@H]2CN(Cc3cccnc3)[C@H]3C4CCN(CC4)[C@@H]23)c1. The molecule has 26 heavy (non-hydrogen) atoms. The predicted octanol–water partition coefficient (Wildman–Crippen LogP) is 3.15. The van der Waals surface area contributed by atoms with Gasteiger partial charge in [0.05, 0.1) is 7.11 Å². The van der Waals surface area contributed by atoms with Gasteiger partial charge in [0.1, 0.15) is 5.75 Å². The maximum atomic E-state index is 5.50. The van der Waals surface area contributed by atoms with Gasteiger partial charge in [-0.05, 0) is 61.2 Å². The molecule has 2 aromatic rings. The van der Waals surface area contributed by atoms with Gasteiger partial charge in [-0.3, -0.25) is 14.8 Å². The molecule has 6 rings (SSSR count). The molecule has 0 radical (unpaired) electrons. The van der Waals surface area contributed by atoms with E-state index in [1.54, 1.807) is 7.11 Å². The van der Waals surface area contributed by atoms with E-state index in [9.17, 15) is 0 Å². The molecule has 136 valence electrons. The van der Waals surface area contributed by atoms with Crippen molar-refractivity contribution in [2.45, 2.75) is 37.4 Å². The second kappa shape index (κ2) is 6.67. The number of pyridine rings is 1. The molecule has 4 heteroatoms. The van der Waals surface area contributed by atoms with Crippen LogP contribution in [-0.4, -0.2) is 53.6 Å². The third-order valence-corrected chi connectivity index (χ3v) is 6.72. The topological polar surface area (TPSA) is 28.6 Å². The highest BCUT2D eigenvalue weighted by atomic mass is 16.5. The summed E-state index contributed by atoms with van der Waals surface area (Å²) in [6.07, 6.45) is 6.60. The molecule has 0 saturated carbocycles. The summed E-state index contributed by atoms with van der Waals surface area (Å²) in [6, 6.07) is 14.3. The van der Waals surface area contributed by atoms with Gasteiger partial charge in [-0.1, -0.05) is 18.2 Å². The quantitative estimate of drug-likeness (QED) is 0.848. The Morgan fingerprint density at radius 2 is 2.00 bits per heavy atom. The van der Waals surface area contributed by atoms with Crippen LogP contribution in [0, 0.1) is 5.92 Å². The molecule has 1 aromatic carbocycles. The van der Waals surface area contributed by atoms with Crippen LogP contribution in [0.25, 0.3) is 0 Å². The average Bonchev–Trinajstić information content (AvgIpc) is 3.11. The van der Waals surface area contributed by atoms with Crippen LogP contribution in [-0.2, 0) is 6.54 Å². The molecule has 5 heterocycles. The maximum Gasteiger partial charge on any atom is 0.119 e. The first-order valence-electron chi connectivity index (χ1n) is 9.84. The van der Waals surface area contributed by atoms with Crippen molar-refractivity contribution in [1.29, 1.82) is 0 Å². The number of hydrogen-bond donors (Lipinski definition) is 0. The van der Waals surface area contributed by atoms with Gasteiger partial charge in [-0.25, -0.2) is 0 Å². The Hall–Kier alpha value is -1.91. The number of ether oxygens (including phenoxy) is 1. The number of aromatic nitrogens is 1. The second-order valence-electron chi connectivity index (χ2n) is 8.03. The Kier molecular flexibility index (Phi) is 4.18. The van der Waals surface area contributed by atoms with Crippen LogP contribution in [0.15, 0.2) is 48.8 Å². The first-order chi connectivity index (χ1) is 12.8. The molecule has 0 aliphatic carbocycles. The van der Waals surface area contributed by atoms with E-state index in [1.807, 2.05) is 12.4 Å². The van der Waals surface area contributed by atoms with Gasteiger partial charge in [0.25, 0.3) is 0 Å². The highest BCUT2D eigenvalue weighted by Crippen LogP contribution is 2.47. The summed E-state index contributed by atoms with van der Waals surface area (Å²) in [6.45, 7) is 4.68. The molecular weight excluding hydrogens is 322 g/mol. The number of fused-ring (bicyclic) bond motifs is 2. The number of benzene rings is 1. The summed E-state index contributed by atoms with van der Waals surface area (Å²) in [7, 11) is 1.76. The summed E-state index contributed by atoms with van der Waals surface area (Å²) >= 11 is 0. The van der Waals surface area contributed by atoms with Crippen molar-refractivity contribution in [1.82, 2.24) is 14.8 Å². The zero-order chi connectivity index (χ0) is 17.5. The fourth-order valence-corrected chi connectivity index (χ4v) is 5.61. The van der Waals surface area contributed by atoms with Crippen molar-refractivity contribution < 1.29 is 4.74 Å². The van der Waals surface area contributed by atoms with Crippen LogP contribution >= 0.6 is 0 Å². The first kappa shape index (κ1) is 16.3. The normalized spacial score (nSPS) is 33.2. The van der Waals surface area contributed by atoms with Crippen LogP contribution in [0.1, 0.15) is 29.9 Å². The lowest BCUT2D eigenvalue weighted by Gasteiger charge is -2.51. The fraction of sp³-hybridized carbons (Fsp3) is 0.500. The molecule has 0 amide bonds. The van der Waals surface area contributed by atoms with Crippen LogP contribution in [0.2, 0.25) is 0 Å². The minimum absolute atomic E-state index is 0.565. The number of methoxy groups -OCH3 is 1. The summed E-state index contributed by atoms with van der Waals surface area (Å²) < 4.78 is 5.50. The standard InChI is InChI=1S/C22H27N3O/c1-26-19-6-2-5-18(12-19)20-15-25(14-16-4-3-9-23-13-16)21-17-7-10-24(11-8-17)22(20)21/h2-6,9,12-13,17,20-22H,7-8,10-11,14-15H2,1H3/t20-,21-,22-/m0/s1. The lowest BCUT2D eigenvalue weighted by Crippen LogP contribution is -2.59. The van der Waals surface area contributed by atoms with Crippen LogP contribution < -0.4 is 4.74 Å². The van der Waals surface area contributed by atoms with E-state index >= 15 is 0 Å². The van der Waals surface area contributed by atoms with Crippen molar-refractivity contribution in [2.75, 3.05) is 26.7 Å². The molecule has 1 aromatic heterocycles. The molecule has 4 aliphatic rings. The number of piperidine rings is 3. The largest absolute Gasteiger partial charge is 0.497 e.